The number of piperidine rings is 1. The van der Waals surface area contributed by atoms with Crippen molar-refractivity contribution in [3.05, 3.63) is 72.4 Å². The molecular weight excluding hydrogens is 382 g/mol. The molecule has 1 fully saturated rings. The molecule has 1 atom stereocenters. The minimum absolute atomic E-state index is 0.278. The molecule has 31 heavy (non-hydrogen) atoms. The lowest BCUT2D eigenvalue weighted by molar-refractivity contribution is 0.453. The van der Waals surface area contributed by atoms with E-state index in [0.29, 0.717) is 6.04 Å². The standard InChI is InChI=1S/C26H35N5/c1-19(2)20-7-6-8-23(15-20)31-13-11-22(12-14-31)28-17-21(16-27-3)26-18-29-24-9-4-5-10-25(24)30-26/h4-10,15,17,22,26-30H,1,11-14,16,18H2,2-3H3/b21-17+. The second-order valence-corrected chi connectivity index (χ2v) is 8.63. The largest absolute Gasteiger partial charge is 0.388 e. The van der Waals surface area contributed by atoms with E-state index in [1.54, 1.807) is 0 Å². The smallest absolute Gasteiger partial charge is 0.0676 e. The van der Waals surface area contributed by atoms with Gasteiger partial charge in [0.05, 0.1) is 17.4 Å². The monoisotopic (exact) mass is 417 g/mol. The first kappa shape index (κ1) is 21.3. The fourth-order valence-electron chi connectivity index (χ4n) is 4.41. The van der Waals surface area contributed by atoms with E-state index in [2.05, 4.69) is 94.4 Å². The maximum atomic E-state index is 4.08. The highest BCUT2D eigenvalue weighted by Crippen LogP contribution is 2.27. The Labute approximate surface area is 186 Å². The van der Waals surface area contributed by atoms with Crippen LogP contribution in [0.4, 0.5) is 17.1 Å². The van der Waals surface area contributed by atoms with E-state index >= 15 is 0 Å². The van der Waals surface area contributed by atoms with Crippen molar-refractivity contribution >= 4 is 22.6 Å². The van der Waals surface area contributed by atoms with Gasteiger partial charge in [0.1, 0.15) is 0 Å². The summed E-state index contributed by atoms with van der Waals surface area (Å²) in [6, 6.07) is 18.0. The van der Waals surface area contributed by atoms with Gasteiger partial charge in [-0.3, -0.25) is 0 Å². The van der Waals surface area contributed by atoms with Crippen LogP contribution >= 0.6 is 0 Å². The van der Waals surface area contributed by atoms with E-state index in [1.165, 1.54) is 28.2 Å². The number of nitrogens with zero attached hydrogens (tertiary/aromatic N) is 1. The van der Waals surface area contributed by atoms with Crippen molar-refractivity contribution in [3.63, 3.8) is 0 Å². The van der Waals surface area contributed by atoms with E-state index < -0.39 is 0 Å². The van der Waals surface area contributed by atoms with Crippen molar-refractivity contribution < 1.29 is 0 Å². The summed E-state index contributed by atoms with van der Waals surface area (Å²) < 4.78 is 0. The fraction of sp³-hybridized carbons (Fsp3) is 0.385. The lowest BCUT2D eigenvalue weighted by atomic mass is 10.0. The van der Waals surface area contributed by atoms with Crippen LogP contribution in [0.2, 0.25) is 0 Å². The highest BCUT2D eigenvalue weighted by atomic mass is 15.1. The Balaban J connectivity index is 1.35. The van der Waals surface area contributed by atoms with Gasteiger partial charge in [-0.1, -0.05) is 36.4 Å². The van der Waals surface area contributed by atoms with Gasteiger partial charge in [0.25, 0.3) is 0 Å². The molecular formula is C26H35N5. The first-order chi connectivity index (χ1) is 15.1. The number of hydrogen-bond acceptors (Lipinski definition) is 5. The molecule has 2 aliphatic rings. The van der Waals surface area contributed by atoms with Crippen LogP contribution in [0.15, 0.2) is 66.9 Å². The Bertz CT molecular complexity index is 927. The Morgan fingerprint density at radius 3 is 2.65 bits per heavy atom. The highest BCUT2D eigenvalue weighted by molar-refractivity contribution is 5.72. The maximum absolute atomic E-state index is 4.08. The number of benzene rings is 2. The van der Waals surface area contributed by atoms with Crippen LogP contribution in [0.3, 0.4) is 0 Å². The average Bonchev–Trinajstić information content (AvgIpc) is 2.82. The molecule has 0 aliphatic carbocycles. The quantitative estimate of drug-likeness (QED) is 0.542. The molecule has 0 aromatic heterocycles. The summed E-state index contributed by atoms with van der Waals surface area (Å²) in [6.45, 7) is 10.0. The SMILES string of the molecule is C=C(C)c1cccc(N2CCC(N/C=C(\CNC)C3CNc4ccccc4N3)CC2)c1. The molecule has 0 bridgehead atoms. The zero-order valence-corrected chi connectivity index (χ0v) is 18.7. The number of para-hydroxylation sites is 2. The number of nitrogens with one attached hydrogen (secondary N) is 4. The van der Waals surface area contributed by atoms with Crippen molar-refractivity contribution in [1.82, 2.24) is 10.6 Å². The number of rotatable bonds is 7. The molecule has 0 saturated carbocycles. The normalized spacial score (nSPS) is 19.2. The molecule has 2 heterocycles. The Kier molecular flexibility index (Phi) is 6.82. The molecule has 4 rings (SSSR count). The van der Waals surface area contributed by atoms with Crippen LogP contribution in [-0.4, -0.2) is 45.3 Å². The van der Waals surface area contributed by atoms with Crippen molar-refractivity contribution in [2.45, 2.75) is 31.8 Å². The van der Waals surface area contributed by atoms with Crippen molar-refractivity contribution in [2.24, 2.45) is 0 Å². The number of anilines is 3. The summed E-state index contributed by atoms with van der Waals surface area (Å²) >= 11 is 0. The molecule has 4 N–H and O–H groups in total. The lowest BCUT2D eigenvalue weighted by Crippen LogP contribution is -2.42. The minimum Gasteiger partial charge on any atom is -0.388 e. The van der Waals surface area contributed by atoms with Gasteiger partial charge >= 0.3 is 0 Å². The van der Waals surface area contributed by atoms with E-state index in [-0.39, 0.29) is 6.04 Å². The van der Waals surface area contributed by atoms with Gasteiger partial charge < -0.3 is 26.2 Å². The lowest BCUT2D eigenvalue weighted by Gasteiger charge is -2.35. The van der Waals surface area contributed by atoms with Gasteiger partial charge in [0.15, 0.2) is 0 Å². The summed E-state index contributed by atoms with van der Waals surface area (Å²) in [4.78, 5) is 2.49. The molecule has 5 nitrogen and oxygen atoms in total. The summed E-state index contributed by atoms with van der Waals surface area (Å²) in [5.41, 5.74) is 7.36. The molecule has 1 saturated heterocycles. The summed E-state index contributed by atoms with van der Waals surface area (Å²) in [6.07, 6.45) is 4.52. The molecule has 2 aromatic rings. The molecule has 0 spiro atoms. The second kappa shape index (κ2) is 9.92. The third-order valence-electron chi connectivity index (χ3n) is 6.29. The number of hydrogen-bond donors (Lipinski definition) is 4. The molecule has 0 radical (unpaired) electrons. The molecule has 2 aliphatic heterocycles. The predicted molar refractivity (Wildman–Crippen MR) is 134 cm³/mol. The molecule has 1 unspecified atom stereocenters. The van der Waals surface area contributed by atoms with Crippen molar-refractivity contribution in [2.75, 3.05) is 48.8 Å². The van der Waals surface area contributed by atoms with Gasteiger partial charge in [-0.05, 0) is 68.4 Å². The molecule has 2 aromatic carbocycles. The number of likely N-dealkylation sites (N-methyl/N-ethyl adjacent to an activating group) is 1. The summed E-state index contributed by atoms with van der Waals surface area (Å²) in [7, 11) is 2.01. The zero-order valence-electron chi connectivity index (χ0n) is 18.7. The van der Waals surface area contributed by atoms with E-state index in [9.17, 15) is 0 Å². The first-order valence-corrected chi connectivity index (χ1v) is 11.3. The minimum atomic E-state index is 0.278. The molecule has 5 heteroatoms. The van der Waals surface area contributed by atoms with Gasteiger partial charge in [-0.15, -0.1) is 0 Å². The second-order valence-electron chi connectivity index (χ2n) is 8.63. The summed E-state index contributed by atoms with van der Waals surface area (Å²) in [5.74, 6) is 0. The van der Waals surface area contributed by atoms with Gasteiger partial charge in [0.2, 0.25) is 0 Å². The Morgan fingerprint density at radius 1 is 1.13 bits per heavy atom. The number of allylic oxidation sites excluding steroid dienone is 1. The zero-order chi connectivity index (χ0) is 21.6. The van der Waals surface area contributed by atoms with Gasteiger partial charge in [-0.25, -0.2) is 0 Å². The van der Waals surface area contributed by atoms with Crippen molar-refractivity contribution in [1.29, 1.82) is 0 Å². The first-order valence-electron chi connectivity index (χ1n) is 11.3. The van der Waals surface area contributed by atoms with Crippen molar-refractivity contribution in [3.8, 4) is 0 Å². The van der Waals surface area contributed by atoms with Crippen LogP contribution in [0.1, 0.15) is 25.3 Å². The van der Waals surface area contributed by atoms with Gasteiger partial charge in [-0.2, -0.15) is 0 Å². The van der Waals surface area contributed by atoms with E-state index in [1.807, 2.05) is 7.05 Å². The highest BCUT2D eigenvalue weighted by Gasteiger charge is 2.22. The maximum Gasteiger partial charge on any atom is 0.0676 e. The average molecular weight is 418 g/mol. The predicted octanol–water partition coefficient (Wildman–Crippen LogP) is 4.29. The number of fused-ring (bicyclic) bond motifs is 1. The Hall–Kier alpha value is -2.92. The van der Waals surface area contributed by atoms with Crippen LogP contribution in [0.25, 0.3) is 5.57 Å². The van der Waals surface area contributed by atoms with Crippen LogP contribution in [0.5, 0.6) is 0 Å². The van der Waals surface area contributed by atoms with Crippen LogP contribution in [0, 0.1) is 0 Å². The summed E-state index contributed by atoms with van der Waals surface area (Å²) in [5, 5.41) is 14.3. The Morgan fingerprint density at radius 2 is 1.90 bits per heavy atom. The van der Waals surface area contributed by atoms with E-state index in [4.69, 9.17) is 0 Å². The van der Waals surface area contributed by atoms with E-state index in [0.717, 1.165) is 44.6 Å². The third kappa shape index (κ3) is 5.23. The fourth-order valence-corrected chi connectivity index (χ4v) is 4.41. The third-order valence-corrected chi connectivity index (χ3v) is 6.29. The topological polar surface area (TPSA) is 51.4 Å². The van der Waals surface area contributed by atoms with Crippen LogP contribution < -0.4 is 26.2 Å². The molecule has 164 valence electrons. The van der Waals surface area contributed by atoms with Crippen LogP contribution in [-0.2, 0) is 0 Å². The van der Waals surface area contributed by atoms with Gasteiger partial charge in [0, 0.05) is 37.9 Å². The molecule has 0 amide bonds.